The van der Waals surface area contributed by atoms with E-state index in [4.69, 9.17) is 11.5 Å². The van der Waals surface area contributed by atoms with Crippen LogP contribution in [0, 0.1) is 0 Å². The van der Waals surface area contributed by atoms with Crippen molar-refractivity contribution in [3.05, 3.63) is 54.1 Å². The summed E-state index contributed by atoms with van der Waals surface area (Å²) in [6.45, 7) is 1.98. The van der Waals surface area contributed by atoms with Crippen molar-refractivity contribution in [2.45, 2.75) is 63.2 Å². The number of carboxylic acids is 1. The molecule has 4 atom stereocenters. The van der Waals surface area contributed by atoms with Crippen molar-refractivity contribution in [2.75, 3.05) is 6.54 Å². The first-order valence-electron chi connectivity index (χ1n) is 11.8. The standard InChI is InChI=1S/C24H35N7O5/c1-15(29-22(33)18(26)9-5-6-10-25)21(32)30-19(11-16-7-3-2-4-8-16)23(34)31-20(24(35)36)12-17-13-27-14-28-17/h2-4,7-8,13-15,18-20H,5-6,9-12,25-26H2,1H3,(H,27,28)(H,29,33)(H,30,32)(H,31,34)(H,35,36). The summed E-state index contributed by atoms with van der Waals surface area (Å²) >= 11 is 0. The summed E-state index contributed by atoms with van der Waals surface area (Å²) in [5.74, 6) is -2.98. The van der Waals surface area contributed by atoms with E-state index in [0.29, 0.717) is 25.1 Å². The molecular weight excluding hydrogens is 466 g/mol. The molecule has 12 heteroatoms. The summed E-state index contributed by atoms with van der Waals surface area (Å²) < 4.78 is 0. The average molecular weight is 502 g/mol. The van der Waals surface area contributed by atoms with E-state index in [1.165, 1.54) is 19.4 Å². The quantitative estimate of drug-likeness (QED) is 0.154. The van der Waals surface area contributed by atoms with Crippen LogP contribution < -0.4 is 27.4 Å². The molecule has 0 bridgehead atoms. The fourth-order valence-corrected chi connectivity index (χ4v) is 3.47. The summed E-state index contributed by atoms with van der Waals surface area (Å²) in [6, 6.07) is 4.90. The Morgan fingerprint density at radius 2 is 1.67 bits per heavy atom. The summed E-state index contributed by atoms with van der Waals surface area (Å²) in [4.78, 5) is 56.7. The number of hydrogen-bond donors (Lipinski definition) is 7. The Hall–Kier alpha value is -3.77. The average Bonchev–Trinajstić information content (AvgIpc) is 3.36. The summed E-state index contributed by atoms with van der Waals surface area (Å²) in [5.41, 5.74) is 12.6. The molecule has 0 radical (unpaired) electrons. The first-order chi connectivity index (χ1) is 17.2. The topological polar surface area (TPSA) is 205 Å². The monoisotopic (exact) mass is 501 g/mol. The van der Waals surface area contributed by atoms with Crippen LogP contribution in [-0.4, -0.2) is 69.5 Å². The molecule has 196 valence electrons. The predicted molar refractivity (Wildman–Crippen MR) is 132 cm³/mol. The molecule has 0 fully saturated rings. The number of carbonyl (C=O) groups excluding carboxylic acids is 3. The van der Waals surface area contributed by atoms with Gasteiger partial charge in [-0.3, -0.25) is 14.4 Å². The van der Waals surface area contributed by atoms with Gasteiger partial charge in [-0.25, -0.2) is 9.78 Å². The van der Waals surface area contributed by atoms with E-state index < -0.39 is 47.9 Å². The lowest BCUT2D eigenvalue weighted by atomic mass is 10.0. The molecule has 1 heterocycles. The lowest BCUT2D eigenvalue weighted by Gasteiger charge is -2.24. The van der Waals surface area contributed by atoms with Crippen LogP contribution in [0.5, 0.6) is 0 Å². The summed E-state index contributed by atoms with van der Waals surface area (Å²) in [6.07, 6.45) is 4.85. The van der Waals surface area contributed by atoms with Gasteiger partial charge in [-0.2, -0.15) is 0 Å². The van der Waals surface area contributed by atoms with E-state index in [9.17, 15) is 24.3 Å². The first kappa shape index (κ1) is 28.5. The molecule has 0 aliphatic carbocycles. The molecule has 1 aromatic heterocycles. The first-order valence-corrected chi connectivity index (χ1v) is 11.8. The van der Waals surface area contributed by atoms with Crippen LogP contribution in [0.25, 0.3) is 0 Å². The van der Waals surface area contributed by atoms with Crippen LogP contribution in [0.15, 0.2) is 42.9 Å². The number of aliphatic carboxylic acids is 1. The van der Waals surface area contributed by atoms with Crippen molar-refractivity contribution in [3.8, 4) is 0 Å². The van der Waals surface area contributed by atoms with E-state index in [1.54, 1.807) is 24.3 Å². The predicted octanol–water partition coefficient (Wildman–Crippen LogP) is -0.790. The number of aromatic amines is 1. The second kappa shape index (κ2) is 14.6. The molecule has 0 spiro atoms. The molecule has 2 aromatic rings. The molecule has 0 aliphatic rings. The number of H-pyrrole nitrogens is 1. The van der Waals surface area contributed by atoms with Crippen LogP contribution >= 0.6 is 0 Å². The normalized spacial score (nSPS) is 14.2. The summed E-state index contributed by atoms with van der Waals surface area (Å²) in [7, 11) is 0. The van der Waals surface area contributed by atoms with Crippen molar-refractivity contribution >= 4 is 23.7 Å². The van der Waals surface area contributed by atoms with Crippen molar-refractivity contribution in [2.24, 2.45) is 11.5 Å². The molecular formula is C24H35N7O5. The molecule has 9 N–H and O–H groups in total. The molecule has 12 nitrogen and oxygen atoms in total. The van der Waals surface area contributed by atoms with Gasteiger partial charge in [0.05, 0.1) is 12.4 Å². The number of amides is 3. The minimum absolute atomic E-state index is 0.0123. The van der Waals surface area contributed by atoms with Gasteiger partial charge in [0, 0.05) is 24.7 Å². The molecule has 2 rings (SSSR count). The van der Waals surface area contributed by atoms with Crippen LogP contribution in [0.2, 0.25) is 0 Å². The number of benzene rings is 1. The van der Waals surface area contributed by atoms with Gasteiger partial charge in [0.15, 0.2) is 0 Å². The zero-order valence-corrected chi connectivity index (χ0v) is 20.3. The van der Waals surface area contributed by atoms with Crippen LogP contribution in [0.3, 0.4) is 0 Å². The van der Waals surface area contributed by atoms with Gasteiger partial charge >= 0.3 is 5.97 Å². The molecule has 0 aliphatic heterocycles. The van der Waals surface area contributed by atoms with Crippen LogP contribution in [-0.2, 0) is 32.0 Å². The third-order valence-corrected chi connectivity index (χ3v) is 5.57. The lowest BCUT2D eigenvalue weighted by Crippen LogP contribution is -2.57. The minimum Gasteiger partial charge on any atom is -0.480 e. The third kappa shape index (κ3) is 9.47. The van der Waals surface area contributed by atoms with Crippen LogP contribution in [0.4, 0.5) is 0 Å². The Morgan fingerprint density at radius 1 is 0.972 bits per heavy atom. The fourth-order valence-electron chi connectivity index (χ4n) is 3.47. The Labute approximate surface area is 209 Å². The molecule has 36 heavy (non-hydrogen) atoms. The van der Waals surface area contributed by atoms with E-state index in [-0.39, 0.29) is 12.8 Å². The van der Waals surface area contributed by atoms with E-state index in [2.05, 4.69) is 25.9 Å². The molecule has 1 aromatic carbocycles. The van der Waals surface area contributed by atoms with Gasteiger partial charge in [0.25, 0.3) is 0 Å². The maximum atomic E-state index is 13.1. The van der Waals surface area contributed by atoms with Gasteiger partial charge < -0.3 is 37.5 Å². The van der Waals surface area contributed by atoms with E-state index in [1.807, 2.05) is 6.07 Å². The number of aromatic nitrogens is 2. The molecule has 3 amide bonds. The second-order valence-electron chi connectivity index (χ2n) is 8.55. The maximum absolute atomic E-state index is 13.1. The highest BCUT2D eigenvalue weighted by Gasteiger charge is 2.29. The van der Waals surface area contributed by atoms with E-state index in [0.717, 1.165) is 12.0 Å². The Morgan fingerprint density at radius 3 is 2.28 bits per heavy atom. The number of hydrogen-bond acceptors (Lipinski definition) is 7. The number of imidazole rings is 1. The number of rotatable bonds is 15. The van der Waals surface area contributed by atoms with Gasteiger partial charge in [-0.05, 0) is 31.9 Å². The SMILES string of the molecule is CC(NC(=O)C(N)CCCCN)C(=O)NC(Cc1ccccc1)C(=O)NC(Cc1cnc[nH]1)C(=O)O. The minimum atomic E-state index is -1.24. The van der Waals surface area contributed by atoms with Gasteiger partial charge in [0.2, 0.25) is 17.7 Å². The number of unbranched alkanes of at least 4 members (excludes halogenated alkanes) is 1. The number of nitrogens with two attached hydrogens (primary N) is 2. The lowest BCUT2D eigenvalue weighted by molar-refractivity contribution is -0.142. The zero-order valence-electron chi connectivity index (χ0n) is 20.3. The van der Waals surface area contributed by atoms with Crippen molar-refractivity contribution in [1.82, 2.24) is 25.9 Å². The largest absolute Gasteiger partial charge is 0.480 e. The number of nitrogens with zero attached hydrogens (tertiary/aromatic N) is 1. The maximum Gasteiger partial charge on any atom is 0.326 e. The smallest absolute Gasteiger partial charge is 0.326 e. The Kier molecular flexibility index (Phi) is 11.5. The van der Waals surface area contributed by atoms with Crippen LogP contribution in [0.1, 0.15) is 37.4 Å². The van der Waals surface area contributed by atoms with Gasteiger partial charge in [0.1, 0.15) is 18.1 Å². The third-order valence-electron chi connectivity index (χ3n) is 5.57. The zero-order chi connectivity index (χ0) is 26.5. The van der Waals surface area contributed by atoms with E-state index >= 15 is 0 Å². The van der Waals surface area contributed by atoms with Gasteiger partial charge in [-0.15, -0.1) is 0 Å². The molecule has 4 unspecified atom stereocenters. The summed E-state index contributed by atoms with van der Waals surface area (Å²) in [5, 5.41) is 17.3. The number of carbonyl (C=O) groups is 4. The molecule has 0 saturated heterocycles. The second-order valence-corrected chi connectivity index (χ2v) is 8.55. The van der Waals surface area contributed by atoms with Crippen molar-refractivity contribution in [1.29, 1.82) is 0 Å². The fraction of sp³-hybridized carbons (Fsp3) is 0.458. The van der Waals surface area contributed by atoms with Gasteiger partial charge in [-0.1, -0.05) is 36.8 Å². The molecule has 0 saturated carbocycles. The highest BCUT2D eigenvalue weighted by molar-refractivity contribution is 5.94. The Bertz CT molecular complexity index is 984. The highest BCUT2D eigenvalue weighted by Crippen LogP contribution is 2.06. The van der Waals surface area contributed by atoms with Crippen molar-refractivity contribution in [3.63, 3.8) is 0 Å². The number of nitrogens with one attached hydrogen (secondary N) is 4. The Balaban J connectivity index is 2.07. The van der Waals surface area contributed by atoms with Crippen molar-refractivity contribution < 1.29 is 24.3 Å². The highest BCUT2D eigenvalue weighted by atomic mass is 16.4. The number of carboxylic acid groups (broad SMARTS) is 1.